The number of hydrogen-bond donors (Lipinski definition) is 2. The summed E-state index contributed by atoms with van der Waals surface area (Å²) in [5.41, 5.74) is -3.36. The summed E-state index contributed by atoms with van der Waals surface area (Å²) in [5.74, 6) is -0.966. The Morgan fingerprint density at radius 1 is 1.06 bits per heavy atom. The number of phenolic OH excluding ortho intramolecular Hbond substituents is 1. The lowest BCUT2D eigenvalue weighted by Gasteiger charge is -2.27. The lowest BCUT2D eigenvalue weighted by atomic mass is 9.79. The Morgan fingerprint density at radius 3 is 2.12 bits per heavy atom. The van der Waals surface area contributed by atoms with Gasteiger partial charge in [-0.3, -0.25) is 0 Å². The minimum Gasteiger partial charge on any atom is -0.508 e. The third-order valence-corrected chi connectivity index (χ3v) is 2.11. The minimum atomic E-state index is -3.72. The largest absolute Gasteiger partial charge is 0.508 e. The molecule has 0 spiro atoms. The molecule has 0 aliphatic rings. The second kappa shape index (κ2) is 3.69. The molecule has 90 valence electrons. The van der Waals surface area contributed by atoms with Gasteiger partial charge in [0.05, 0.1) is 0 Å². The number of aromatic hydroxyl groups is 1. The van der Waals surface area contributed by atoms with E-state index in [4.69, 9.17) is 26.3 Å². The van der Waals surface area contributed by atoms with Crippen molar-refractivity contribution in [3.63, 3.8) is 0 Å². The molecule has 0 aliphatic carbocycles. The Hall–Kier alpha value is -1.18. The van der Waals surface area contributed by atoms with E-state index in [0.717, 1.165) is 6.92 Å². The number of hydrogen-bond acceptors (Lipinski definition) is 2. The van der Waals surface area contributed by atoms with Crippen molar-refractivity contribution in [1.82, 2.24) is 0 Å². The molecule has 0 radical (unpaired) electrons. The zero-order chi connectivity index (χ0) is 25.2. The molecule has 0 fully saturated rings. The Labute approximate surface area is 120 Å². The van der Waals surface area contributed by atoms with E-state index in [1.165, 1.54) is 0 Å². The summed E-state index contributed by atoms with van der Waals surface area (Å²) in [5, 5.41) is 10.4. The Kier molecular flexibility index (Phi) is 0.734. The summed E-state index contributed by atoms with van der Waals surface area (Å²) in [7, 11) is 0. The predicted molar refractivity (Wildman–Crippen MR) is 69.9 cm³/mol. The van der Waals surface area contributed by atoms with Crippen molar-refractivity contribution in [2.24, 2.45) is 0 Å². The molecule has 3 N–H and O–H groups in total. The van der Waals surface area contributed by atoms with Gasteiger partial charge in [-0.05, 0) is 28.0 Å². The van der Waals surface area contributed by atoms with Crippen LogP contribution in [-0.4, -0.2) is 5.11 Å². The topological polar surface area (TPSA) is 46.2 Å². The van der Waals surface area contributed by atoms with Gasteiger partial charge in [0.1, 0.15) is 5.75 Å². The average molecular weight is 236 g/mol. The van der Waals surface area contributed by atoms with E-state index in [0.29, 0.717) is 12.1 Å². The van der Waals surface area contributed by atoms with E-state index >= 15 is 0 Å². The molecule has 0 aromatic heterocycles. The minimum absolute atomic E-state index is 0.467. The van der Waals surface area contributed by atoms with E-state index in [2.05, 4.69) is 0 Å². The number of benzene rings is 1. The molecular weight excluding hydrogens is 198 g/mol. The van der Waals surface area contributed by atoms with Gasteiger partial charge >= 0.3 is 0 Å². The first-order valence-corrected chi connectivity index (χ1v) is 4.42. The van der Waals surface area contributed by atoms with Gasteiger partial charge in [0.15, 0.2) is 0 Å². The standard InChI is InChI=1S/C14H23NO/c1-13(2,3)9-7-10(14(4,5)6)12(16)8-11(9)15/h7-8,16H,15H2,1-6H3/i1D3,2D3,3D3,4D3,5D3. The van der Waals surface area contributed by atoms with Crippen LogP contribution in [0.15, 0.2) is 12.1 Å². The highest BCUT2D eigenvalue weighted by Crippen LogP contribution is 2.38. The molecule has 1 aromatic carbocycles. The van der Waals surface area contributed by atoms with Crippen LogP contribution in [-0.2, 0) is 10.8 Å². The molecule has 0 heterocycles. The molecule has 2 nitrogen and oxygen atoms in total. The second-order valence-corrected chi connectivity index (χ2v) is 3.83. The summed E-state index contributed by atoms with van der Waals surface area (Å²) >= 11 is 0. The maximum absolute atomic E-state index is 10.4. The first kappa shape index (κ1) is 3.18. The highest BCUT2D eigenvalue weighted by molar-refractivity contribution is 5.58. The lowest BCUT2D eigenvalue weighted by Crippen LogP contribution is -2.18. The highest BCUT2D eigenvalue weighted by atomic mass is 16.3. The lowest BCUT2D eigenvalue weighted by molar-refractivity contribution is 0.445. The van der Waals surface area contributed by atoms with Crippen molar-refractivity contribution in [2.75, 3.05) is 5.73 Å². The molecular formula is C14H23NO. The molecule has 0 aliphatic heterocycles. The van der Waals surface area contributed by atoms with Gasteiger partial charge in [0.25, 0.3) is 0 Å². The smallest absolute Gasteiger partial charge is 0.121 e. The zero-order valence-corrected chi connectivity index (χ0v) is 8.68. The quantitative estimate of drug-likeness (QED) is 0.676. The highest BCUT2D eigenvalue weighted by Gasteiger charge is 2.24. The van der Waals surface area contributed by atoms with Crippen LogP contribution in [0, 0.1) is 0 Å². The summed E-state index contributed by atoms with van der Waals surface area (Å²) in [4.78, 5) is 0. The number of nitrogen functional groups attached to an aromatic ring is 1. The van der Waals surface area contributed by atoms with Gasteiger partial charge < -0.3 is 10.8 Å². The summed E-state index contributed by atoms with van der Waals surface area (Å²) < 4.78 is 116. The average Bonchev–Trinajstić information content (AvgIpc) is 2.42. The van der Waals surface area contributed by atoms with Crippen LogP contribution in [0.5, 0.6) is 5.75 Å². The molecule has 16 heavy (non-hydrogen) atoms. The predicted octanol–water partition coefficient (Wildman–Crippen LogP) is 3.57. The number of phenols is 1. The van der Waals surface area contributed by atoms with Crippen LogP contribution in [0.4, 0.5) is 5.69 Å². The molecule has 0 amide bonds. The maximum Gasteiger partial charge on any atom is 0.121 e. The Morgan fingerprint density at radius 2 is 1.62 bits per heavy atom. The van der Waals surface area contributed by atoms with Crippen molar-refractivity contribution in [3.05, 3.63) is 23.3 Å². The Bertz CT molecular complexity index is 775. The zero-order valence-electron chi connectivity index (χ0n) is 23.7. The van der Waals surface area contributed by atoms with Crippen molar-refractivity contribution < 1.29 is 25.7 Å². The van der Waals surface area contributed by atoms with Crippen LogP contribution in [0.3, 0.4) is 0 Å². The molecule has 0 unspecified atom stereocenters. The first-order valence-electron chi connectivity index (χ1n) is 11.9. The monoisotopic (exact) mass is 236 g/mol. The fourth-order valence-electron chi connectivity index (χ4n) is 1.33. The number of anilines is 1. The first-order chi connectivity index (χ1) is 13.3. The van der Waals surface area contributed by atoms with Crippen LogP contribution in [0.2, 0.25) is 0 Å². The molecule has 0 atom stereocenters. The van der Waals surface area contributed by atoms with Gasteiger partial charge in [-0.1, -0.05) is 41.2 Å². The van der Waals surface area contributed by atoms with Crippen molar-refractivity contribution in [3.8, 4) is 5.75 Å². The van der Waals surface area contributed by atoms with Crippen LogP contribution < -0.4 is 5.73 Å². The SMILES string of the molecule is [2H]C([2H])([2H])C(C)(c1cc(C(C([2H])([2H])[2H])(C([2H])([2H])[2H])C([2H])([2H])[2H])c(N)cc1O)C([2H])([2H])[2H]. The summed E-state index contributed by atoms with van der Waals surface area (Å²) in [6.07, 6.45) is 0. The second-order valence-electron chi connectivity index (χ2n) is 3.83. The number of rotatable bonds is 0. The van der Waals surface area contributed by atoms with Crippen molar-refractivity contribution in [1.29, 1.82) is 0 Å². The molecule has 1 rings (SSSR count). The van der Waals surface area contributed by atoms with E-state index in [-0.39, 0.29) is 0 Å². The van der Waals surface area contributed by atoms with E-state index < -0.39 is 67.7 Å². The van der Waals surface area contributed by atoms with Crippen molar-refractivity contribution in [2.45, 2.75) is 52.0 Å². The summed E-state index contributed by atoms with van der Waals surface area (Å²) in [6.45, 7) is -17.0. The Balaban J connectivity index is 4.34. The fraction of sp³-hybridized carbons (Fsp3) is 0.571. The van der Waals surface area contributed by atoms with E-state index in [9.17, 15) is 5.11 Å². The van der Waals surface area contributed by atoms with Gasteiger partial charge in [0.2, 0.25) is 0 Å². The third kappa shape index (κ3) is 2.49. The van der Waals surface area contributed by atoms with Gasteiger partial charge in [-0.2, -0.15) is 0 Å². The third-order valence-electron chi connectivity index (χ3n) is 2.11. The molecule has 2 heteroatoms. The van der Waals surface area contributed by atoms with E-state index in [1.807, 2.05) is 0 Å². The van der Waals surface area contributed by atoms with Gasteiger partial charge in [-0.15, -0.1) is 0 Å². The summed E-state index contributed by atoms with van der Waals surface area (Å²) in [6, 6.07) is 1.03. The normalized spacial score (nSPS) is 30.7. The van der Waals surface area contributed by atoms with Crippen LogP contribution >= 0.6 is 0 Å². The number of nitrogens with two attached hydrogens (primary N) is 1. The molecule has 1 aromatic rings. The van der Waals surface area contributed by atoms with Crippen molar-refractivity contribution >= 4 is 5.69 Å². The van der Waals surface area contributed by atoms with Gasteiger partial charge in [0, 0.05) is 32.3 Å². The molecule has 0 bridgehead atoms. The van der Waals surface area contributed by atoms with E-state index in [1.54, 1.807) is 0 Å². The molecule has 0 saturated heterocycles. The van der Waals surface area contributed by atoms with Crippen LogP contribution in [0.1, 0.15) is 72.9 Å². The van der Waals surface area contributed by atoms with Gasteiger partial charge in [-0.25, -0.2) is 0 Å². The molecule has 0 saturated carbocycles. The van der Waals surface area contributed by atoms with Crippen LogP contribution in [0.25, 0.3) is 0 Å². The fourth-order valence-corrected chi connectivity index (χ4v) is 1.33. The maximum atomic E-state index is 10.4.